The Labute approximate surface area is 128 Å². The number of hydrogen-bond donors (Lipinski definition) is 1. The fraction of sp³-hybridized carbons (Fsp3) is 0.684. The highest BCUT2D eigenvalue weighted by atomic mass is 16.5. The van der Waals surface area contributed by atoms with Crippen molar-refractivity contribution in [2.75, 3.05) is 6.61 Å². The van der Waals surface area contributed by atoms with Gasteiger partial charge >= 0.3 is 0 Å². The van der Waals surface area contributed by atoms with Gasteiger partial charge in [-0.3, -0.25) is 0 Å². The van der Waals surface area contributed by atoms with Crippen molar-refractivity contribution in [3.63, 3.8) is 0 Å². The summed E-state index contributed by atoms with van der Waals surface area (Å²) in [4.78, 5) is 0. The van der Waals surface area contributed by atoms with Gasteiger partial charge in [0.2, 0.25) is 0 Å². The van der Waals surface area contributed by atoms with Crippen LogP contribution in [0.15, 0.2) is 18.2 Å². The zero-order chi connectivity index (χ0) is 14.9. The van der Waals surface area contributed by atoms with E-state index in [0.717, 1.165) is 25.9 Å². The summed E-state index contributed by atoms with van der Waals surface area (Å²) < 4.78 is 6.08. The fourth-order valence-electron chi connectivity index (χ4n) is 4.36. The first-order valence-corrected chi connectivity index (χ1v) is 8.46. The second-order valence-electron chi connectivity index (χ2n) is 7.26. The average molecular weight is 288 g/mol. The molecular weight excluding hydrogens is 260 g/mol. The smallest absolute Gasteiger partial charge is 0.0686 e. The van der Waals surface area contributed by atoms with Gasteiger partial charge in [0.05, 0.1) is 11.7 Å². The first-order valence-electron chi connectivity index (χ1n) is 8.46. The van der Waals surface area contributed by atoms with Crippen LogP contribution in [0.5, 0.6) is 0 Å². The Morgan fingerprint density at radius 2 is 1.86 bits per heavy atom. The summed E-state index contributed by atoms with van der Waals surface area (Å²) in [7, 11) is 0. The zero-order valence-corrected chi connectivity index (χ0v) is 13.4. The highest BCUT2D eigenvalue weighted by molar-refractivity contribution is 5.29. The van der Waals surface area contributed by atoms with Gasteiger partial charge < -0.3 is 9.84 Å². The van der Waals surface area contributed by atoms with Crippen LogP contribution < -0.4 is 0 Å². The molecule has 1 aliphatic carbocycles. The van der Waals surface area contributed by atoms with Crippen LogP contribution in [0.2, 0.25) is 0 Å². The summed E-state index contributed by atoms with van der Waals surface area (Å²) >= 11 is 0. The molecule has 2 aliphatic rings. The van der Waals surface area contributed by atoms with Crippen LogP contribution in [-0.2, 0) is 11.2 Å². The van der Waals surface area contributed by atoms with Gasteiger partial charge in [0.25, 0.3) is 0 Å². The molecule has 0 amide bonds. The lowest BCUT2D eigenvalue weighted by atomic mass is 9.80. The van der Waals surface area contributed by atoms with E-state index in [-0.39, 0.29) is 11.7 Å². The van der Waals surface area contributed by atoms with Gasteiger partial charge in [0.15, 0.2) is 0 Å². The third-order valence-corrected chi connectivity index (χ3v) is 5.32. The molecule has 2 unspecified atom stereocenters. The standard InChI is InChI=1S/C19H28O2/c1-14-9-15(2)11-16(10-14)12-18(20)17-5-8-21-19(13-17)6-3-4-7-19/h9-11,17-18,20H,3-8,12-13H2,1-2H3. The Hall–Kier alpha value is -0.860. The van der Waals surface area contributed by atoms with Gasteiger partial charge in [-0.15, -0.1) is 0 Å². The predicted molar refractivity (Wildman–Crippen MR) is 85.5 cm³/mol. The Morgan fingerprint density at radius 3 is 2.52 bits per heavy atom. The van der Waals surface area contributed by atoms with Crippen molar-refractivity contribution in [3.8, 4) is 0 Å². The van der Waals surface area contributed by atoms with E-state index in [1.165, 1.54) is 42.4 Å². The van der Waals surface area contributed by atoms with Crippen molar-refractivity contribution in [3.05, 3.63) is 34.9 Å². The summed E-state index contributed by atoms with van der Waals surface area (Å²) in [6.45, 7) is 5.09. The van der Waals surface area contributed by atoms with Gasteiger partial charge in [-0.05, 0) is 57.4 Å². The molecule has 0 bridgehead atoms. The molecule has 21 heavy (non-hydrogen) atoms. The Balaban J connectivity index is 1.65. The molecule has 116 valence electrons. The second kappa shape index (κ2) is 6.10. The molecule has 1 heterocycles. The number of benzene rings is 1. The van der Waals surface area contributed by atoms with Crippen LogP contribution in [0.25, 0.3) is 0 Å². The molecule has 0 aromatic heterocycles. The third-order valence-electron chi connectivity index (χ3n) is 5.32. The van der Waals surface area contributed by atoms with E-state index < -0.39 is 0 Å². The molecule has 2 fully saturated rings. The average Bonchev–Trinajstić information content (AvgIpc) is 2.85. The van der Waals surface area contributed by atoms with Gasteiger partial charge in [-0.1, -0.05) is 42.2 Å². The lowest BCUT2D eigenvalue weighted by Crippen LogP contribution is -2.41. The maximum absolute atomic E-state index is 10.7. The van der Waals surface area contributed by atoms with E-state index in [1.807, 2.05) is 0 Å². The van der Waals surface area contributed by atoms with Crippen LogP contribution >= 0.6 is 0 Å². The monoisotopic (exact) mass is 288 g/mol. The molecule has 1 saturated heterocycles. The van der Waals surface area contributed by atoms with Crippen LogP contribution in [0.4, 0.5) is 0 Å². The molecule has 1 N–H and O–H groups in total. The van der Waals surface area contributed by atoms with E-state index in [9.17, 15) is 5.11 Å². The van der Waals surface area contributed by atoms with E-state index in [1.54, 1.807) is 0 Å². The van der Waals surface area contributed by atoms with Gasteiger partial charge in [-0.25, -0.2) is 0 Å². The maximum atomic E-state index is 10.7. The number of rotatable bonds is 3. The van der Waals surface area contributed by atoms with Crippen molar-refractivity contribution in [1.82, 2.24) is 0 Å². The number of aliphatic hydroxyl groups excluding tert-OH is 1. The van der Waals surface area contributed by atoms with Crippen molar-refractivity contribution < 1.29 is 9.84 Å². The molecule has 2 heteroatoms. The minimum absolute atomic E-state index is 0.104. The van der Waals surface area contributed by atoms with Crippen molar-refractivity contribution in [2.45, 2.75) is 70.5 Å². The molecular formula is C19H28O2. The molecule has 1 aromatic carbocycles. The van der Waals surface area contributed by atoms with Gasteiger partial charge in [0.1, 0.15) is 0 Å². The zero-order valence-electron chi connectivity index (χ0n) is 13.4. The highest BCUT2D eigenvalue weighted by Gasteiger charge is 2.41. The molecule has 0 radical (unpaired) electrons. The predicted octanol–water partition coefficient (Wildman–Crippen LogP) is 3.95. The minimum Gasteiger partial charge on any atom is -0.392 e. The number of aryl methyl sites for hydroxylation is 2. The number of aliphatic hydroxyl groups is 1. The topological polar surface area (TPSA) is 29.5 Å². The SMILES string of the molecule is Cc1cc(C)cc(CC(O)C2CCOC3(CCCC3)C2)c1. The van der Waals surface area contributed by atoms with E-state index >= 15 is 0 Å². The minimum atomic E-state index is -0.229. The van der Waals surface area contributed by atoms with E-state index in [0.29, 0.717) is 5.92 Å². The first kappa shape index (κ1) is 15.1. The molecule has 1 aromatic rings. The summed E-state index contributed by atoms with van der Waals surface area (Å²) in [5.41, 5.74) is 3.95. The van der Waals surface area contributed by atoms with Crippen molar-refractivity contribution in [1.29, 1.82) is 0 Å². The van der Waals surface area contributed by atoms with E-state index in [4.69, 9.17) is 4.74 Å². The van der Waals surface area contributed by atoms with Crippen LogP contribution in [0.1, 0.15) is 55.2 Å². The van der Waals surface area contributed by atoms with E-state index in [2.05, 4.69) is 32.0 Å². The van der Waals surface area contributed by atoms with Crippen LogP contribution in [0.3, 0.4) is 0 Å². The van der Waals surface area contributed by atoms with Crippen molar-refractivity contribution in [2.24, 2.45) is 5.92 Å². The Kier molecular flexibility index (Phi) is 4.37. The highest BCUT2D eigenvalue weighted by Crippen LogP contribution is 2.43. The number of ether oxygens (including phenoxy) is 1. The normalized spacial score (nSPS) is 26.1. The van der Waals surface area contributed by atoms with Crippen LogP contribution in [0, 0.1) is 19.8 Å². The summed E-state index contributed by atoms with van der Waals surface area (Å²) in [5.74, 6) is 0.401. The molecule has 1 saturated carbocycles. The van der Waals surface area contributed by atoms with Crippen molar-refractivity contribution >= 4 is 0 Å². The van der Waals surface area contributed by atoms with Crippen LogP contribution in [-0.4, -0.2) is 23.4 Å². The lowest BCUT2D eigenvalue weighted by Gasteiger charge is -2.40. The summed E-state index contributed by atoms with van der Waals surface area (Å²) in [6.07, 6.45) is 7.59. The molecule has 2 nitrogen and oxygen atoms in total. The summed E-state index contributed by atoms with van der Waals surface area (Å²) in [5, 5.41) is 10.7. The Morgan fingerprint density at radius 1 is 1.19 bits per heavy atom. The largest absolute Gasteiger partial charge is 0.392 e. The van der Waals surface area contributed by atoms with Gasteiger partial charge in [0, 0.05) is 6.61 Å². The third kappa shape index (κ3) is 3.49. The lowest BCUT2D eigenvalue weighted by molar-refractivity contribution is -0.112. The molecule has 3 rings (SSSR count). The Bertz CT molecular complexity index is 468. The fourth-order valence-corrected chi connectivity index (χ4v) is 4.36. The number of hydrogen-bond acceptors (Lipinski definition) is 2. The first-order chi connectivity index (χ1) is 10.1. The maximum Gasteiger partial charge on any atom is 0.0686 e. The molecule has 1 aliphatic heterocycles. The quantitative estimate of drug-likeness (QED) is 0.912. The van der Waals surface area contributed by atoms with Gasteiger partial charge in [-0.2, -0.15) is 0 Å². The molecule has 2 atom stereocenters. The summed E-state index contributed by atoms with van der Waals surface area (Å²) in [6, 6.07) is 6.61. The molecule has 1 spiro atoms. The second-order valence-corrected chi connectivity index (χ2v) is 7.26.